The number of anilines is 2. The largest absolute Gasteiger partial charge is 0.465 e. The van der Waals surface area contributed by atoms with Gasteiger partial charge in [-0.25, -0.2) is 4.79 Å². The molecule has 8 heteroatoms. The molecular weight excluding hydrogens is 390 g/mol. The smallest absolute Gasteiger partial charge is 0.409 e. The SMILES string of the molecule is NC(=O)c1cccc(C=CC(=O)Nc2cc(-c3cccs3)ccc2NC(=O)O)c1. The van der Waals surface area contributed by atoms with Gasteiger partial charge in [-0.15, -0.1) is 11.3 Å². The van der Waals surface area contributed by atoms with E-state index < -0.39 is 17.9 Å². The molecule has 0 aliphatic carbocycles. The summed E-state index contributed by atoms with van der Waals surface area (Å²) >= 11 is 1.53. The molecule has 0 saturated heterocycles. The number of carbonyl (C=O) groups is 3. The molecule has 0 saturated carbocycles. The number of hydrogen-bond donors (Lipinski definition) is 4. The fourth-order valence-corrected chi connectivity index (χ4v) is 3.33. The summed E-state index contributed by atoms with van der Waals surface area (Å²) in [7, 11) is 0. The molecule has 7 nitrogen and oxygen atoms in total. The van der Waals surface area contributed by atoms with Gasteiger partial charge in [0.25, 0.3) is 0 Å². The molecule has 3 aromatic rings. The highest BCUT2D eigenvalue weighted by Gasteiger charge is 2.10. The number of carboxylic acid groups (broad SMARTS) is 1. The lowest BCUT2D eigenvalue weighted by molar-refractivity contribution is -0.111. The average Bonchev–Trinajstić information content (AvgIpc) is 3.22. The van der Waals surface area contributed by atoms with Gasteiger partial charge in [0, 0.05) is 16.5 Å². The van der Waals surface area contributed by atoms with Gasteiger partial charge in [-0.05, 0) is 52.9 Å². The zero-order chi connectivity index (χ0) is 20.8. The third-order valence-electron chi connectivity index (χ3n) is 3.92. The summed E-state index contributed by atoms with van der Waals surface area (Å²) < 4.78 is 0. The first-order valence-electron chi connectivity index (χ1n) is 8.49. The number of rotatable bonds is 6. The van der Waals surface area contributed by atoms with E-state index in [4.69, 9.17) is 10.8 Å². The Morgan fingerprint density at radius 3 is 2.48 bits per heavy atom. The number of thiophene rings is 1. The van der Waals surface area contributed by atoms with Gasteiger partial charge in [-0.3, -0.25) is 14.9 Å². The molecular formula is C21H17N3O4S. The Kier molecular flexibility index (Phi) is 6.06. The predicted octanol–water partition coefficient (Wildman–Crippen LogP) is 4.26. The molecule has 0 aliphatic heterocycles. The Bertz CT molecular complexity index is 1090. The summed E-state index contributed by atoms with van der Waals surface area (Å²) in [6, 6.07) is 15.5. The minimum Gasteiger partial charge on any atom is -0.465 e. The quantitative estimate of drug-likeness (QED) is 0.456. The monoisotopic (exact) mass is 407 g/mol. The van der Waals surface area contributed by atoms with Gasteiger partial charge in [0.1, 0.15) is 0 Å². The second-order valence-corrected chi connectivity index (χ2v) is 6.93. The highest BCUT2D eigenvalue weighted by atomic mass is 32.1. The number of benzene rings is 2. The second-order valence-electron chi connectivity index (χ2n) is 5.98. The van der Waals surface area contributed by atoms with Crippen LogP contribution in [0.15, 0.2) is 66.1 Å². The average molecular weight is 407 g/mol. The minimum absolute atomic E-state index is 0.260. The van der Waals surface area contributed by atoms with Crippen molar-refractivity contribution in [3.05, 3.63) is 77.2 Å². The minimum atomic E-state index is -1.23. The van der Waals surface area contributed by atoms with E-state index in [2.05, 4.69) is 10.6 Å². The molecule has 2 aromatic carbocycles. The van der Waals surface area contributed by atoms with Crippen molar-refractivity contribution < 1.29 is 19.5 Å². The van der Waals surface area contributed by atoms with Gasteiger partial charge >= 0.3 is 6.09 Å². The van der Waals surface area contributed by atoms with Crippen LogP contribution >= 0.6 is 11.3 Å². The predicted molar refractivity (Wildman–Crippen MR) is 114 cm³/mol. The maximum atomic E-state index is 12.4. The highest BCUT2D eigenvalue weighted by molar-refractivity contribution is 7.13. The molecule has 1 heterocycles. The van der Waals surface area contributed by atoms with E-state index in [-0.39, 0.29) is 5.69 Å². The van der Waals surface area contributed by atoms with Crippen LogP contribution < -0.4 is 16.4 Å². The van der Waals surface area contributed by atoms with Crippen LogP contribution in [0.3, 0.4) is 0 Å². The zero-order valence-corrected chi connectivity index (χ0v) is 15.9. The number of carbonyl (C=O) groups excluding carboxylic acids is 2. The van der Waals surface area contributed by atoms with Crippen molar-refractivity contribution in [2.45, 2.75) is 0 Å². The molecule has 0 bridgehead atoms. The maximum absolute atomic E-state index is 12.4. The van der Waals surface area contributed by atoms with E-state index in [9.17, 15) is 14.4 Å². The third-order valence-corrected chi connectivity index (χ3v) is 4.84. The Hall–Kier alpha value is -3.91. The van der Waals surface area contributed by atoms with Crippen molar-refractivity contribution in [2.75, 3.05) is 10.6 Å². The van der Waals surface area contributed by atoms with Crippen molar-refractivity contribution >= 4 is 46.7 Å². The number of hydrogen-bond acceptors (Lipinski definition) is 4. The normalized spacial score (nSPS) is 10.6. The van der Waals surface area contributed by atoms with E-state index >= 15 is 0 Å². The van der Waals surface area contributed by atoms with Gasteiger partial charge in [-0.2, -0.15) is 0 Å². The summed E-state index contributed by atoms with van der Waals surface area (Å²) in [6.07, 6.45) is 1.60. The number of nitrogens with two attached hydrogens (primary N) is 1. The highest BCUT2D eigenvalue weighted by Crippen LogP contribution is 2.31. The molecule has 146 valence electrons. The molecule has 0 radical (unpaired) electrons. The van der Waals surface area contributed by atoms with Crippen LogP contribution in [0.1, 0.15) is 15.9 Å². The first kappa shape index (κ1) is 19.8. The van der Waals surface area contributed by atoms with Crippen LogP contribution in [-0.2, 0) is 4.79 Å². The fraction of sp³-hybridized carbons (Fsp3) is 0. The van der Waals surface area contributed by atoms with Crippen LogP contribution in [-0.4, -0.2) is 23.0 Å². The van der Waals surface area contributed by atoms with Crippen LogP contribution in [0.2, 0.25) is 0 Å². The van der Waals surface area contributed by atoms with E-state index in [0.29, 0.717) is 16.8 Å². The number of nitrogens with one attached hydrogen (secondary N) is 2. The summed E-state index contributed by atoms with van der Waals surface area (Å²) in [4.78, 5) is 35.7. The maximum Gasteiger partial charge on any atom is 0.409 e. The summed E-state index contributed by atoms with van der Waals surface area (Å²) in [6.45, 7) is 0. The third kappa shape index (κ3) is 5.30. The summed E-state index contributed by atoms with van der Waals surface area (Å²) in [5.41, 5.74) is 7.67. The van der Waals surface area contributed by atoms with Crippen LogP contribution in [0.25, 0.3) is 16.5 Å². The van der Waals surface area contributed by atoms with Gasteiger partial charge in [-0.1, -0.05) is 24.3 Å². The topological polar surface area (TPSA) is 122 Å². The summed E-state index contributed by atoms with van der Waals surface area (Å²) in [5.74, 6) is -1.01. The first-order chi connectivity index (χ1) is 13.9. The van der Waals surface area contributed by atoms with E-state index in [1.807, 2.05) is 17.5 Å². The lowest BCUT2D eigenvalue weighted by Crippen LogP contribution is -2.13. The second kappa shape index (κ2) is 8.85. The Labute approximate surface area is 170 Å². The van der Waals surface area contributed by atoms with Crippen molar-refractivity contribution in [1.82, 2.24) is 0 Å². The molecule has 3 rings (SSSR count). The van der Waals surface area contributed by atoms with Gasteiger partial charge < -0.3 is 16.2 Å². The summed E-state index contributed by atoms with van der Waals surface area (Å²) in [5, 5.41) is 15.9. The van der Waals surface area contributed by atoms with Gasteiger partial charge in [0.15, 0.2) is 0 Å². The molecule has 1 aromatic heterocycles. The molecule has 0 spiro atoms. The molecule has 0 fully saturated rings. The molecule has 0 atom stereocenters. The molecule has 5 N–H and O–H groups in total. The van der Waals surface area contributed by atoms with Crippen LogP contribution in [0.5, 0.6) is 0 Å². The Balaban J connectivity index is 1.82. The van der Waals surface area contributed by atoms with E-state index in [1.54, 1.807) is 42.5 Å². The lowest BCUT2D eigenvalue weighted by atomic mass is 10.1. The standard InChI is InChI=1S/C21H17N3O4S/c22-20(26)15-4-1-3-13(11-15)6-9-19(25)23-17-12-14(18-5-2-10-29-18)7-8-16(17)24-21(27)28/h1-12,24H,(H2,22,26)(H,23,25)(H,27,28). The number of amides is 3. The van der Waals surface area contributed by atoms with Crippen molar-refractivity contribution in [3.63, 3.8) is 0 Å². The Morgan fingerprint density at radius 1 is 0.966 bits per heavy atom. The van der Waals surface area contributed by atoms with Gasteiger partial charge in [0.2, 0.25) is 11.8 Å². The van der Waals surface area contributed by atoms with E-state index in [1.165, 1.54) is 23.5 Å². The molecule has 3 amide bonds. The van der Waals surface area contributed by atoms with Gasteiger partial charge in [0.05, 0.1) is 11.4 Å². The Morgan fingerprint density at radius 2 is 1.79 bits per heavy atom. The molecule has 0 aliphatic rings. The molecule has 29 heavy (non-hydrogen) atoms. The van der Waals surface area contributed by atoms with Crippen molar-refractivity contribution in [2.24, 2.45) is 5.73 Å². The lowest BCUT2D eigenvalue weighted by Gasteiger charge is -2.11. The first-order valence-corrected chi connectivity index (χ1v) is 9.37. The number of primary amides is 1. The zero-order valence-electron chi connectivity index (χ0n) is 15.1. The van der Waals surface area contributed by atoms with E-state index in [0.717, 1.165) is 10.4 Å². The van der Waals surface area contributed by atoms with Crippen molar-refractivity contribution in [3.8, 4) is 10.4 Å². The van der Waals surface area contributed by atoms with Crippen LogP contribution in [0, 0.1) is 0 Å². The fourth-order valence-electron chi connectivity index (χ4n) is 2.61. The van der Waals surface area contributed by atoms with Crippen molar-refractivity contribution in [1.29, 1.82) is 0 Å². The van der Waals surface area contributed by atoms with Crippen LogP contribution in [0.4, 0.5) is 16.2 Å². The molecule has 0 unspecified atom stereocenters.